The van der Waals surface area contributed by atoms with Crippen LogP contribution in [0.25, 0.3) is 5.78 Å². The summed E-state index contributed by atoms with van der Waals surface area (Å²) in [6.45, 7) is 0.235. The van der Waals surface area contributed by atoms with Gasteiger partial charge in [0.15, 0.2) is 5.75 Å². The van der Waals surface area contributed by atoms with Gasteiger partial charge >= 0.3 is 0 Å². The predicted octanol–water partition coefficient (Wildman–Crippen LogP) is 4.75. The van der Waals surface area contributed by atoms with Crippen LogP contribution < -0.4 is 10.1 Å². The quantitative estimate of drug-likeness (QED) is 0.354. The maximum Gasteiger partial charge on any atom is 0.254 e. The molecule has 0 bridgehead atoms. The molecule has 5 aromatic rings. The van der Waals surface area contributed by atoms with Crippen molar-refractivity contribution in [2.75, 3.05) is 0 Å². The smallest absolute Gasteiger partial charge is 0.254 e. The van der Waals surface area contributed by atoms with Crippen LogP contribution in [0.4, 0.5) is 0 Å². The van der Waals surface area contributed by atoms with Crippen LogP contribution in [-0.4, -0.2) is 28.7 Å². The van der Waals surface area contributed by atoms with Crippen LogP contribution in [0.5, 0.6) is 11.5 Å². The van der Waals surface area contributed by atoms with Crippen LogP contribution in [0.3, 0.4) is 0 Å². The van der Waals surface area contributed by atoms with Gasteiger partial charge in [-0.15, -0.1) is 0 Å². The summed E-state index contributed by atoms with van der Waals surface area (Å²) in [6, 6.07) is 19.1. The number of nitrogens with one attached hydrogen (secondary N) is 1. The van der Waals surface area contributed by atoms with Gasteiger partial charge in [0.2, 0.25) is 15.6 Å². The molecule has 3 aromatic carbocycles. The first-order chi connectivity index (χ1) is 17.5. The molecule has 0 radical (unpaired) electrons. The molecule has 0 saturated carbocycles. The van der Waals surface area contributed by atoms with Crippen LogP contribution in [0.2, 0.25) is 0 Å². The van der Waals surface area contributed by atoms with E-state index in [0.717, 1.165) is 15.4 Å². The van der Waals surface area contributed by atoms with Gasteiger partial charge in [0, 0.05) is 31.3 Å². The van der Waals surface area contributed by atoms with Gasteiger partial charge in [-0.25, -0.2) is 18.4 Å². The Balaban J connectivity index is 1.20. The summed E-state index contributed by atoms with van der Waals surface area (Å²) >= 11 is 1.48. The number of aromatic nitrogens is 3. The summed E-state index contributed by atoms with van der Waals surface area (Å²) in [7, 11) is -3.83. The molecule has 0 fully saturated rings. The maximum absolute atomic E-state index is 13.5. The number of imidazole rings is 1. The summed E-state index contributed by atoms with van der Waals surface area (Å²) in [5, 5.41) is 2.83. The van der Waals surface area contributed by atoms with Crippen molar-refractivity contribution in [3.63, 3.8) is 0 Å². The van der Waals surface area contributed by atoms with E-state index in [1.54, 1.807) is 59.4 Å². The van der Waals surface area contributed by atoms with Crippen molar-refractivity contribution in [3.8, 4) is 11.5 Å². The number of nitrogens with zero attached hydrogens (tertiary/aromatic N) is 3. The minimum absolute atomic E-state index is 0.116. The third-order valence-electron chi connectivity index (χ3n) is 5.71. The molecule has 1 aliphatic heterocycles. The van der Waals surface area contributed by atoms with Crippen molar-refractivity contribution in [3.05, 3.63) is 103 Å². The number of amides is 1. The fraction of sp³-hybridized carbons (Fsp3) is 0.0385. The highest BCUT2D eigenvalue weighted by atomic mass is 32.2. The van der Waals surface area contributed by atoms with Crippen LogP contribution in [0, 0.1) is 0 Å². The Morgan fingerprint density at radius 3 is 2.64 bits per heavy atom. The number of rotatable bonds is 5. The maximum atomic E-state index is 13.5. The summed E-state index contributed by atoms with van der Waals surface area (Å²) in [4.78, 5) is 22.7. The van der Waals surface area contributed by atoms with E-state index in [4.69, 9.17) is 4.74 Å². The largest absolute Gasteiger partial charge is 0.454 e. The van der Waals surface area contributed by atoms with E-state index in [0.29, 0.717) is 22.8 Å². The number of ether oxygens (including phenoxy) is 1. The Labute approximate surface area is 210 Å². The first kappa shape index (κ1) is 22.3. The molecule has 10 heteroatoms. The lowest BCUT2D eigenvalue weighted by atomic mass is 10.2. The molecule has 1 amide bonds. The number of hydrogen-bond donors (Lipinski definition) is 1. The minimum Gasteiger partial charge on any atom is -0.454 e. The van der Waals surface area contributed by atoms with E-state index in [-0.39, 0.29) is 22.2 Å². The lowest BCUT2D eigenvalue weighted by Crippen LogP contribution is -2.23. The normalized spacial score (nSPS) is 12.4. The summed E-state index contributed by atoms with van der Waals surface area (Å²) in [6.07, 6.45) is 6.44. The zero-order chi connectivity index (χ0) is 24.7. The van der Waals surface area contributed by atoms with Crippen LogP contribution in [-0.2, 0) is 16.4 Å². The second-order valence-corrected chi connectivity index (χ2v) is 11.0. The number of para-hydroxylation sites is 2. The second-order valence-electron chi connectivity index (χ2n) is 8.04. The van der Waals surface area contributed by atoms with Crippen molar-refractivity contribution in [2.24, 2.45) is 0 Å². The molecule has 3 heterocycles. The fourth-order valence-electron chi connectivity index (χ4n) is 3.87. The third kappa shape index (κ3) is 4.00. The van der Waals surface area contributed by atoms with E-state index < -0.39 is 9.84 Å². The Kier molecular flexibility index (Phi) is 5.46. The van der Waals surface area contributed by atoms with Gasteiger partial charge in [0.1, 0.15) is 10.6 Å². The minimum atomic E-state index is -3.83. The number of hydrogen-bond acceptors (Lipinski definition) is 7. The van der Waals surface area contributed by atoms with E-state index in [1.165, 1.54) is 18.0 Å². The SMILES string of the molecule is O=C(NCc1ccc(S(=O)(=O)c2cccc3c2Oc2ccccc2S3)cc1)c1cnc2nccn2c1. The molecule has 6 rings (SSSR count). The Hall–Kier alpha value is -4.15. The van der Waals surface area contributed by atoms with Gasteiger partial charge in [-0.05, 0) is 42.0 Å². The highest BCUT2D eigenvalue weighted by Gasteiger charge is 2.28. The molecule has 8 nitrogen and oxygen atoms in total. The topological polar surface area (TPSA) is 103 Å². The molecule has 0 saturated heterocycles. The first-order valence-corrected chi connectivity index (χ1v) is 13.3. The molecular weight excluding hydrogens is 496 g/mol. The van der Waals surface area contributed by atoms with Gasteiger partial charge < -0.3 is 10.1 Å². The number of carbonyl (C=O) groups is 1. The average Bonchev–Trinajstić information content (AvgIpc) is 3.38. The molecule has 36 heavy (non-hydrogen) atoms. The van der Waals surface area contributed by atoms with Crippen LogP contribution >= 0.6 is 11.8 Å². The van der Waals surface area contributed by atoms with Crippen molar-refractivity contribution in [1.29, 1.82) is 0 Å². The lowest BCUT2D eigenvalue weighted by Gasteiger charge is -2.21. The number of benzene rings is 3. The molecule has 2 aromatic heterocycles. The van der Waals surface area contributed by atoms with Crippen molar-refractivity contribution < 1.29 is 17.9 Å². The molecule has 0 aliphatic carbocycles. The third-order valence-corrected chi connectivity index (χ3v) is 8.60. The van der Waals surface area contributed by atoms with Gasteiger partial charge in [0.05, 0.1) is 20.2 Å². The number of fused-ring (bicyclic) bond motifs is 3. The van der Waals surface area contributed by atoms with Crippen molar-refractivity contribution in [1.82, 2.24) is 19.7 Å². The van der Waals surface area contributed by atoms with Gasteiger partial charge in [-0.3, -0.25) is 9.20 Å². The number of carbonyl (C=O) groups excluding carboxylic acids is 1. The summed E-state index contributed by atoms with van der Waals surface area (Å²) in [5.41, 5.74) is 1.16. The zero-order valence-corrected chi connectivity index (χ0v) is 20.3. The highest BCUT2D eigenvalue weighted by molar-refractivity contribution is 7.99. The van der Waals surface area contributed by atoms with Crippen LogP contribution in [0.15, 0.2) is 111 Å². The van der Waals surface area contributed by atoms with E-state index in [1.807, 2.05) is 30.3 Å². The molecule has 1 aliphatic rings. The fourth-order valence-corrected chi connectivity index (χ4v) is 6.32. The average molecular weight is 515 g/mol. The van der Waals surface area contributed by atoms with E-state index >= 15 is 0 Å². The van der Waals surface area contributed by atoms with Gasteiger partial charge in [-0.2, -0.15) is 0 Å². The Morgan fingerprint density at radius 1 is 0.972 bits per heavy atom. The Morgan fingerprint density at radius 2 is 1.78 bits per heavy atom. The molecule has 178 valence electrons. The molecule has 1 N–H and O–H groups in total. The van der Waals surface area contributed by atoms with Gasteiger partial charge in [-0.1, -0.05) is 42.1 Å². The standard InChI is InChI=1S/C26H18N4O4S2/c31-25(18-15-29-26-27-12-13-30(26)16-18)28-14-17-8-10-19(11-9-17)36(32,33)23-7-3-6-22-24(23)34-20-4-1-2-5-21(20)35-22/h1-13,15-16H,14H2,(H,28,31). The molecular formula is C26H18N4O4S2. The summed E-state index contributed by atoms with van der Waals surface area (Å²) in [5.74, 6) is 1.18. The summed E-state index contributed by atoms with van der Waals surface area (Å²) < 4.78 is 34.7. The zero-order valence-electron chi connectivity index (χ0n) is 18.7. The van der Waals surface area contributed by atoms with Crippen molar-refractivity contribution >= 4 is 33.3 Å². The number of sulfone groups is 1. The van der Waals surface area contributed by atoms with Gasteiger partial charge in [0.25, 0.3) is 5.91 Å². The van der Waals surface area contributed by atoms with E-state index in [9.17, 15) is 13.2 Å². The van der Waals surface area contributed by atoms with Crippen LogP contribution in [0.1, 0.15) is 15.9 Å². The molecule has 0 atom stereocenters. The second kappa shape index (κ2) is 8.81. The monoisotopic (exact) mass is 514 g/mol. The molecule has 0 unspecified atom stereocenters. The Bertz CT molecular complexity index is 1730. The predicted molar refractivity (Wildman–Crippen MR) is 133 cm³/mol. The van der Waals surface area contributed by atoms with E-state index in [2.05, 4.69) is 15.3 Å². The van der Waals surface area contributed by atoms with Crippen molar-refractivity contribution in [2.45, 2.75) is 26.1 Å². The highest BCUT2D eigenvalue weighted by Crippen LogP contribution is 2.49. The first-order valence-electron chi connectivity index (χ1n) is 11.0. The molecule has 0 spiro atoms. The lowest BCUT2D eigenvalue weighted by molar-refractivity contribution is 0.0950.